The van der Waals surface area contributed by atoms with Crippen molar-refractivity contribution in [2.24, 2.45) is 0 Å². The van der Waals surface area contributed by atoms with Gasteiger partial charge in [0.15, 0.2) is 0 Å². The summed E-state index contributed by atoms with van der Waals surface area (Å²) < 4.78 is 0. The van der Waals surface area contributed by atoms with E-state index in [4.69, 9.17) is 9.88 Å². The van der Waals surface area contributed by atoms with E-state index < -0.39 is 0 Å². The Morgan fingerprint density at radius 3 is 2.67 bits per heavy atom. The molecule has 0 saturated heterocycles. The highest BCUT2D eigenvalue weighted by molar-refractivity contribution is 5.45. The van der Waals surface area contributed by atoms with Crippen LogP contribution in [0.25, 0.3) is 0 Å². The Morgan fingerprint density at radius 1 is 1.17 bits per heavy atom. The number of benzene rings is 1. The van der Waals surface area contributed by atoms with E-state index >= 15 is 0 Å². The monoisotopic (exact) mass is 163 g/mol. The van der Waals surface area contributed by atoms with E-state index in [2.05, 4.69) is 0 Å². The van der Waals surface area contributed by atoms with Gasteiger partial charge in [-0.05, 0) is 18.2 Å². The van der Waals surface area contributed by atoms with Crippen molar-refractivity contribution in [2.75, 3.05) is 11.7 Å². The van der Waals surface area contributed by atoms with Gasteiger partial charge >= 0.3 is 0 Å². The third kappa shape index (κ3) is 1.47. The quantitative estimate of drug-likeness (QED) is 0.590. The average molecular weight is 163 g/mol. The van der Waals surface area contributed by atoms with Gasteiger partial charge in [-0.15, -0.1) is 4.99 Å². The molecule has 1 aromatic rings. The molecule has 0 aliphatic carbocycles. The molecule has 0 saturated carbocycles. The van der Waals surface area contributed by atoms with Gasteiger partial charge in [0.1, 0.15) is 6.61 Å². The molecule has 2 rings (SSSR count). The molecule has 1 aliphatic heterocycles. The lowest BCUT2D eigenvalue weighted by atomic mass is 10.3. The summed E-state index contributed by atoms with van der Waals surface area (Å²) in [6.07, 6.45) is 3.72. The van der Waals surface area contributed by atoms with Gasteiger partial charge in [0.05, 0.1) is 5.69 Å². The maximum Gasteiger partial charge on any atom is 0.105 e. The molecule has 1 aromatic carbocycles. The van der Waals surface area contributed by atoms with E-state index in [0.29, 0.717) is 6.61 Å². The van der Waals surface area contributed by atoms with Crippen LogP contribution in [0, 0.1) is 0 Å². The van der Waals surface area contributed by atoms with Crippen LogP contribution < -0.4 is 5.06 Å². The van der Waals surface area contributed by atoms with Gasteiger partial charge in [0.2, 0.25) is 0 Å². The highest BCUT2D eigenvalue weighted by atomic mass is 17.3. The molecule has 1 aliphatic rings. The minimum absolute atomic E-state index is 0.503. The van der Waals surface area contributed by atoms with Gasteiger partial charge in [-0.2, -0.15) is 5.06 Å². The third-order valence-corrected chi connectivity index (χ3v) is 1.55. The van der Waals surface area contributed by atoms with Crippen LogP contribution in [0.4, 0.5) is 5.69 Å². The molecule has 1 heterocycles. The van der Waals surface area contributed by atoms with Gasteiger partial charge in [0.25, 0.3) is 0 Å². The van der Waals surface area contributed by atoms with Crippen molar-refractivity contribution in [3.05, 3.63) is 42.6 Å². The van der Waals surface area contributed by atoms with Crippen LogP contribution in [-0.2, 0) is 9.88 Å². The number of hydrogen-bond donors (Lipinski definition) is 0. The molecular weight excluding hydrogens is 154 g/mol. The summed E-state index contributed by atoms with van der Waals surface area (Å²) in [5, 5.41) is 1.57. The minimum Gasteiger partial charge on any atom is -0.208 e. The maximum atomic E-state index is 4.91. The molecule has 0 bridgehead atoms. The summed E-state index contributed by atoms with van der Waals surface area (Å²) >= 11 is 0. The largest absolute Gasteiger partial charge is 0.208 e. The number of nitrogens with zero attached hydrogens (tertiary/aromatic N) is 1. The molecule has 3 nitrogen and oxygen atoms in total. The Labute approximate surface area is 70.7 Å². The van der Waals surface area contributed by atoms with Crippen molar-refractivity contribution in [2.45, 2.75) is 0 Å². The first kappa shape index (κ1) is 7.34. The summed E-state index contributed by atoms with van der Waals surface area (Å²) in [5.74, 6) is 0. The fourth-order valence-electron chi connectivity index (χ4n) is 0.994. The van der Waals surface area contributed by atoms with Gasteiger partial charge < -0.3 is 0 Å². The molecule has 0 spiro atoms. The van der Waals surface area contributed by atoms with E-state index in [1.54, 1.807) is 5.06 Å². The Morgan fingerprint density at radius 2 is 2.00 bits per heavy atom. The number of rotatable bonds is 1. The van der Waals surface area contributed by atoms with Gasteiger partial charge in [0, 0.05) is 6.20 Å². The molecule has 0 amide bonds. The number of hydrogen-bond acceptors (Lipinski definition) is 3. The topological polar surface area (TPSA) is 21.7 Å². The van der Waals surface area contributed by atoms with Crippen LogP contribution in [0.1, 0.15) is 0 Å². The second kappa shape index (κ2) is 3.38. The summed E-state index contributed by atoms with van der Waals surface area (Å²) in [7, 11) is 0. The van der Waals surface area contributed by atoms with E-state index in [0.717, 1.165) is 5.69 Å². The predicted molar refractivity (Wildman–Crippen MR) is 45.1 cm³/mol. The SMILES string of the molecule is C1=CN(c2ccccc2)OOC1. The van der Waals surface area contributed by atoms with Crippen LogP contribution in [-0.4, -0.2) is 6.61 Å². The first-order chi connectivity index (χ1) is 5.97. The summed E-state index contributed by atoms with van der Waals surface area (Å²) in [6.45, 7) is 0.503. The normalized spacial score (nSPS) is 16.5. The Hall–Kier alpha value is -1.32. The Kier molecular flexibility index (Phi) is 2.07. The maximum absolute atomic E-state index is 4.91. The molecule has 12 heavy (non-hydrogen) atoms. The van der Waals surface area contributed by atoms with Crippen molar-refractivity contribution < 1.29 is 9.88 Å². The molecule has 3 heteroatoms. The fourth-order valence-corrected chi connectivity index (χ4v) is 0.994. The Bertz CT molecular complexity index is 271. The van der Waals surface area contributed by atoms with Crippen molar-refractivity contribution in [3.63, 3.8) is 0 Å². The third-order valence-electron chi connectivity index (χ3n) is 1.55. The fraction of sp³-hybridized carbons (Fsp3) is 0.111. The molecule has 0 aromatic heterocycles. The lowest BCUT2D eigenvalue weighted by Crippen LogP contribution is -2.20. The molecule has 0 unspecified atom stereocenters. The van der Waals surface area contributed by atoms with E-state index in [1.807, 2.05) is 42.6 Å². The minimum atomic E-state index is 0.503. The second-order valence-electron chi connectivity index (χ2n) is 2.41. The molecule has 62 valence electrons. The molecule has 0 atom stereocenters. The van der Waals surface area contributed by atoms with Crippen molar-refractivity contribution in [1.29, 1.82) is 0 Å². The van der Waals surface area contributed by atoms with Crippen molar-refractivity contribution >= 4 is 5.69 Å². The van der Waals surface area contributed by atoms with Gasteiger partial charge in [-0.3, -0.25) is 0 Å². The standard InChI is InChI=1S/C9H9NO2/c1-2-5-9(6-3-1)10-7-4-8-11-12-10/h1-7H,8H2. The van der Waals surface area contributed by atoms with Crippen molar-refractivity contribution in [3.8, 4) is 0 Å². The van der Waals surface area contributed by atoms with Crippen LogP contribution in [0.3, 0.4) is 0 Å². The predicted octanol–water partition coefficient (Wildman–Crippen LogP) is 1.88. The van der Waals surface area contributed by atoms with Crippen LogP contribution in [0.5, 0.6) is 0 Å². The highest BCUT2D eigenvalue weighted by Crippen LogP contribution is 2.15. The summed E-state index contributed by atoms with van der Waals surface area (Å²) in [6, 6.07) is 9.73. The summed E-state index contributed by atoms with van der Waals surface area (Å²) in [4.78, 5) is 9.69. The van der Waals surface area contributed by atoms with Crippen molar-refractivity contribution in [1.82, 2.24) is 0 Å². The first-order valence-corrected chi connectivity index (χ1v) is 3.77. The zero-order valence-corrected chi connectivity index (χ0v) is 6.51. The van der Waals surface area contributed by atoms with Gasteiger partial charge in [-0.1, -0.05) is 18.2 Å². The average Bonchev–Trinajstić information content (AvgIpc) is 2.21. The lowest BCUT2D eigenvalue weighted by Gasteiger charge is -2.20. The zero-order valence-electron chi connectivity index (χ0n) is 6.51. The highest BCUT2D eigenvalue weighted by Gasteiger charge is 2.06. The lowest BCUT2D eigenvalue weighted by molar-refractivity contribution is -0.295. The summed E-state index contributed by atoms with van der Waals surface area (Å²) in [5.41, 5.74) is 0.952. The number of anilines is 1. The van der Waals surface area contributed by atoms with Gasteiger partial charge in [-0.25, -0.2) is 4.89 Å². The van der Waals surface area contributed by atoms with E-state index in [-0.39, 0.29) is 0 Å². The second-order valence-corrected chi connectivity index (χ2v) is 2.41. The zero-order chi connectivity index (χ0) is 8.23. The molecule has 0 N–H and O–H groups in total. The first-order valence-electron chi connectivity index (χ1n) is 3.77. The number of hydroxylamine groups is 1. The van der Waals surface area contributed by atoms with Crippen LogP contribution >= 0.6 is 0 Å². The van der Waals surface area contributed by atoms with Crippen LogP contribution in [0.15, 0.2) is 42.6 Å². The Balaban J connectivity index is 2.19. The smallest absolute Gasteiger partial charge is 0.105 e. The van der Waals surface area contributed by atoms with E-state index in [9.17, 15) is 0 Å². The molecule has 0 radical (unpaired) electrons. The molecule has 0 fully saturated rings. The number of para-hydroxylation sites is 1. The van der Waals surface area contributed by atoms with Crippen LogP contribution in [0.2, 0.25) is 0 Å². The van der Waals surface area contributed by atoms with E-state index in [1.165, 1.54) is 0 Å². The molecular formula is C9H9NO2.